The van der Waals surface area contributed by atoms with Crippen molar-refractivity contribution in [2.45, 2.75) is 17.9 Å². The summed E-state index contributed by atoms with van der Waals surface area (Å²) in [6.07, 6.45) is 0.793. The average Bonchev–Trinajstić information content (AvgIpc) is 2.18. The van der Waals surface area contributed by atoms with Crippen LogP contribution in [0.25, 0.3) is 0 Å². The second-order valence-electron chi connectivity index (χ2n) is 2.85. The molecule has 0 fully saturated rings. The highest BCUT2D eigenvalue weighted by atomic mass is 35.5. The van der Waals surface area contributed by atoms with Gasteiger partial charge in [-0.05, 0) is 24.1 Å². The van der Waals surface area contributed by atoms with Crippen LogP contribution in [-0.2, 0) is 6.54 Å². The molecule has 0 radical (unpaired) electrons. The van der Waals surface area contributed by atoms with E-state index in [0.717, 1.165) is 27.7 Å². The fraction of sp³-hybridized carbons (Fsp3) is 0.400. The zero-order valence-corrected chi connectivity index (χ0v) is 9.44. The van der Waals surface area contributed by atoms with Crippen molar-refractivity contribution in [1.82, 2.24) is 0 Å². The molecule has 0 amide bonds. The Hall–Kier alpha value is -0.220. The second-order valence-corrected chi connectivity index (χ2v) is 4.39. The van der Waals surface area contributed by atoms with Crippen molar-refractivity contribution in [2.24, 2.45) is 5.73 Å². The molecule has 0 unspecified atom stereocenters. The van der Waals surface area contributed by atoms with Crippen molar-refractivity contribution >= 4 is 23.4 Å². The molecule has 1 aromatic rings. The van der Waals surface area contributed by atoms with Gasteiger partial charge in [0.15, 0.2) is 0 Å². The number of thioether (sulfide) groups is 1. The Labute approximate surface area is 93.5 Å². The standard InChI is InChI=1S/C10H14ClNOS/c11-9-3-1-4-10(8(9)7-12)14-6-2-5-13/h1,3-4,13H,2,5-7,12H2. The van der Waals surface area contributed by atoms with E-state index in [1.165, 1.54) is 0 Å². The Kier molecular flexibility index (Phi) is 5.33. The molecule has 1 aromatic carbocycles. The predicted molar refractivity (Wildman–Crippen MR) is 61.8 cm³/mol. The van der Waals surface area contributed by atoms with Crippen molar-refractivity contribution in [3.8, 4) is 0 Å². The van der Waals surface area contributed by atoms with E-state index in [1.54, 1.807) is 11.8 Å². The largest absolute Gasteiger partial charge is 0.396 e. The van der Waals surface area contributed by atoms with Crippen LogP contribution in [0.1, 0.15) is 12.0 Å². The van der Waals surface area contributed by atoms with E-state index in [2.05, 4.69) is 0 Å². The van der Waals surface area contributed by atoms with Crippen LogP contribution >= 0.6 is 23.4 Å². The molecule has 78 valence electrons. The third-order valence-electron chi connectivity index (χ3n) is 1.84. The van der Waals surface area contributed by atoms with Gasteiger partial charge in [0.2, 0.25) is 0 Å². The summed E-state index contributed by atoms with van der Waals surface area (Å²) in [5, 5.41) is 9.38. The van der Waals surface area contributed by atoms with Crippen LogP contribution in [0.5, 0.6) is 0 Å². The summed E-state index contributed by atoms with van der Waals surface area (Å²) in [5.41, 5.74) is 6.61. The van der Waals surface area contributed by atoms with Crippen molar-refractivity contribution in [3.63, 3.8) is 0 Å². The number of aliphatic hydroxyl groups is 1. The van der Waals surface area contributed by atoms with E-state index in [9.17, 15) is 0 Å². The van der Waals surface area contributed by atoms with E-state index in [-0.39, 0.29) is 6.61 Å². The Morgan fingerprint density at radius 3 is 2.86 bits per heavy atom. The average molecular weight is 232 g/mol. The summed E-state index contributed by atoms with van der Waals surface area (Å²) in [5.74, 6) is 0.893. The summed E-state index contributed by atoms with van der Waals surface area (Å²) in [6, 6.07) is 5.78. The molecule has 14 heavy (non-hydrogen) atoms. The second kappa shape index (κ2) is 6.30. The highest BCUT2D eigenvalue weighted by Gasteiger charge is 2.04. The highest BCUT2D eigenvalue weighted by molar-refractivity contribution is 7.99. The van der Waals surface area contributed by atoms with Crippen molar-refractivity contribution in [2.75, 3.05) is 12.4 Å². The van der Waals surface area contributed by atoms with Gasteiger partial charge in [-0.25, -0.2) is 0 Å². The van der Waals surface area contributed by atoms with E-state index in [0.29, 0.717) is 6.54 Å². The van der Waals surface area contributed by atoms with Gasteiger partial charge < -0.3 is 10.8 Å². The monoisotopic (exact) mass is 231 g/mol. The van der Waals surface area contributed by atoms with Gasteiger partial charge in [0.1, 0.15) is 0 Å². The fourth-order valence-electron chi connectivity index (χ4n) is 1.12. The predicted octanol–water partition coefficient (Wildman–Crippen LogP) is 2.27. The summed E-state index contributed by atoms with van der Waals surface area (Å²) in [6.45, 7) is 0.687. The maximum atomic E-state index is 8.66. The number of hydrogen-bond donors (Lipinski definition) is 2. The van der Waals surface area contributed by atoms with E-state index in [4.69, 9.17) is 22.4 Å². The van der Waals surface area contributed by atoms with Crippen LogP contribution in [0.4, 0.5) is 0 Å². The lowest BCUT2D eigenvalue weighted by atomic mass is 10.2. The molecule has 1 rings (SSSR count). The lowest BCUT2D eigenvalue weighted by molar-refractivity contribution is 0.296. The van der Waals surface area contributed by atoms with Crippen LogP contribution in [0.15, 0.2) is 23.1 Å². The fourth-order valence-corrected chi connectivity index (χ4v) is 2.46. The Bertz CT molecular complexity index is 293. The first kappa shape index (κ1) is 11.9. The molecular weight excluding hydrogens is 218 g/mol. The lowest BCUT2D eigenvalue weighted by Crippen LogP contribution is -1.99. The molecule has 0 atom stereocenters. The third-order valence-corrected chi connectivity index (χ3v) is 3.38. The van der Waals surface area contributed by atoms with E-state index in [1.807, 2.05) is 18.2 Å². The zero-order valence-electron chi connectivity index (χ0n) is 7.87. The molecule has 0 bridgehead atoms. The van der Waals surface area contributed by atoms with Crippen LogP contribution in [0.2, 0.25) is 5.02 Å². The summed E-state index contributed by atoms with van der Waals surface area (Å²) in [7, 11) is 0. The molecule has 0 aliphatic rings. The molecule has 0 saturated heterocycles. The van der Waals surface area contributed by atoms with Crippen LogP contribution in [-0.4, -0.2) is 17.5 Å². The molecular formula is C10H14ClNOS. The number of hydrogen-bond acceptors (Lipinski definition) is 3. The minimum atomic E-state index is 0.228. The molecule has 0 aromatic heterocycles. The number of nitrogens with two attached hydrogens (primary N) is 1. The van der Waals surface area contributed by atoms with Gasteiger partial charge in [0, 0.05) is 28.8 Å². The molecule has 0 saturated carbocycles. The normalized spacial score (nSPS) is 10.5. The molecule has 3 N–H and O–H groups in total. The van der Waals surface area contributed by atoms with Crippen molar-refractivity contribution in [3.05, 3.63) is 28.8 Å². The first-order chi connectivity index (χ1) is 6.79. The van der Waals surface area contributed by atoms with Gasteiger partial charge in [-0.3, -0.25) is 0 Å². The van der Waals surface area contributed by atoms with E-state index < -0.39 is 0 Å². The van der Waals surface area contributed by atoms with Gasteiger partial charge >= 0.3 is 0 Å². The summed E-state index contributed by atoms with van der Waals surface area (Å²) < 4.78 is 0. The van der Waals surface area contributed by atoms with Gasteiger partial charge in [0.25, 0.3) is 0 Å². The zero-order chi connectivity index (χ0) is 10.4. The number of rotatable bonds is 5. The molecule has 4 heteroatoms. The maximum Gasteiger partial charge on any atom is 0.0462 e. The first-order valence-electron chi connectivity index (χ1n) is 4.50. The minimum Gasteiger partial charge on any atom is -0.396 e. The number of halogens is 1. The Morgan fingerprint density at radius 2 is 2.21 bits per heavy atom. The van der Waals surface area contributed by atoms with Crippen molar-refractivity contribution < 1.29 is 5.11 Å². The van der Waals surface area contributed by atoms with Gasteiger partial charge in [-0.1, -0.05) is 17.7 Å². The smallest absolute Gasteiger partial charge is 0.0462 e. The molecule has 2 nitrogen and oxygen atoms in total. The van der Waals surface area contributed by atoms with Gasteiger partial charge in [-0.15, -0.1) is 11.8 Å². The highest BCUT2D eigenvalue weighted by Crippen LogP contribution is 2.28. The van der Waals surface area contributed by atoms with Crippen LogP contribution in [0, 0.1) is 0 Å². The minimum absolute atomic E-state index is 0.228. The molecule has 0 spiro atoms. The van der Waals surface area contributed by atoms with Crippen molar-refractivity contribution in [1.29, 1.82) is 0 Å². The van der Waals surface area contributed by atoms with Crippen LogP contribution < -0.4 is 5.73 Å². The molecule has 0 heterocycles. The topological polar surface area (TPSA) is 46.2 Å². The first-order valence-corrected chi connectivity index (χ1v) is 5.87. The SMILES string of the molecule is NCc1c(Cl)cccc1SCCCO. The molecule has 0 aliphatic heterocycles. The van der Waals surface area contributed by atoms with Crippen LogP contribution in [0.3, 0.4) is 0 Å². The Balaban J connectivity index is 2.70. The van der Waals surface area contributed by atoms with Gasteiger partial charge in [0.05, 0.1) is 0 Å². The third kappa shape index (κ3) is 3.17. The summed E-state index contributed by atoms with van der Waals surface area (Å²) in [4.78, 5) is 1.12. The Morgan fingerprint density at radius 1 is 1.43 bits per heavy atom. The number of aliphatic hydroxyl groups excluding tert-OH is 1. The summed E-state index contributed by atoms with van der Waals surface area (Å²) >= 11 is 7.69. The number of benzene rings is 1. The quantitative estimate of drug-likeness (QED) is 0.604. The lowest BCUT2D eigenvalue weighted by Gasteiger charge is -2.08. The maximum absolute atomic E-state index is 8.66. The molecule has 0 aliphatic carbocycles. The van der Waals surface area contributed by atoms with E-state index >= 15 is 0 Å². The van der Waals surface area contributed by atoms with Gasteiger partial charge in [-0.2, -0.15) is 0 Å².